The number of nitrogens with zero attached hydrogens (tertiary/aromatic N) is 1. The number of pyridine rings is 1. The van der Waals surface area contributed by atoms with Crippen LogP contribution in [0.15, 0.2) is 31.1 Å². The molecule has 3 heteroatoms. The summed E-state index contributed by atoms with van der Waals surface area (Å²) in [5.41, 5.74) is 0.498. The number of rotatable bonds is 4. The average Bonchev–Trinajstić information content (AvgIpc) is 2.16. The number of aromatic nitrogens is 1. The fourth-order valence-corrected chi connectivity index (χ4v) is 1.01. The highest BCUT2D eigenvalue weighted by molar-refractivity contribution is 6.04. The Bertz CT molecular complexity index is 345. The third kappa shape index (κ3) is 2.69. The normalized spacial score (nSPS) is 9.93. The first-order chi connectivity index (χ1) is 6.63. The Hall–Kier alpha value is -1.64. The molecule has 0 N–H and O–H groups in total. The number of ketones is 1. The molecule has 0 amide bonds. The quantitative estimate of drug-likeness (QED) is 0.541. The molecular formula is C11H13NO2. The Balaban J connectivity index is 2.89. The summed E-state index contributed by atoms with van der Waals surface area (Å²) < 4.78 is 5.40. The van der Waals surface area contributed by atoms with E-state index in [9.17, 15) is 4.79 Å². The molecule has 0 fully saturated rings. The maximum Gasteiger partial charge on any atom is 0.186 e. The van der Waals surface area contributed by atoms with Crippen LogP contribution in [0.5, 0.6) is 5.75 Å². The van der Waals surface area contributed by atoms with Gasteiger partial charge in [-0.25, -0.2) is 0 Å². The van der Waals surface area contributed by atoms with Crippen LogP contribution < -0.4 is 4.74 Å². The van der Waals surface area contributed by atoms with E-state index in [1.54, 1.807) is 12.3 Å². The van der Waals surface area contributed by atoms with E-state index in [-0.39, 0.29) is 11.9 Å². The van der Waals surface area contributed by atoms with Gasteiger partial charge in [-0.2, -0.15) is 0 Å². The third-order valence-corrected chi connectivity index (χ3v) is 1.55. The summed E-state index contributed by atoms with van der Waals surface area (Å²) in [7, 11) is 0. The van der Waals surface area contributed by atoms with Crippen LogP contribution >= 0.6 is 0 Å². The molecule has 0 aliphatic rings. The first-order valence-electron chi connectivity index (χ1n) is 4.42. The second-order valence-corrected chi connectivity index (χ2v) is 3.14. The molecule has 0 saturated heterocycles. The van der Waals surface area contributed by atoms with Crippen molar-refractivity contribution >= 4 is 5.78 Å². The Kier molecular flexibility index (Phi) is 3.40. The number of ether oxygens (including phenoxy) is 1. The summed E-state index contributed by atoms with van der Waals surface area (Å²) >= 11 is 0. The lowest BCUT2D eigenvalue weighted by atomic mass is 10.2. The summed E-state index contributed by atoms with van der Waals surface area (Å²) in [6, 6.07) is 1.66. The molecule has 1 rings (SSSR count). The molecule has 0 bridgehead atoms. The number of allylic oxidation sites excluding steroid dienone is 1. The number of carbonyl (C=O) groups is 1. The van der Waals surface area contributed by atoms with Crippen LogP contribution in [-0.4, -0.2) is 16.9 Å². The predicted octanol–water partition coefficient (Wildman–Crippen LogP) is 2.24. The monoisotopic (exact) mass is 191 g/mol. The van der Waals surface area contributed by atoms with Crippen molar-refractivity contribution in [3.8, 4) is 5.75 Å². The first-order valence-corrected chi connectivity index (χ1v) is 4.42. The molecule has 74 valence electrons. The highest BCUT2D eigenvalue weighted by Gasteiger charge is 2.04. The second-order valence-electron chi connectivity index (χ2n) is 3.14. The number of carbonyl (C=O) groups excluding carboxylic acids is 1. The highest BCUT2D eigenvalue weighted by atomic mass is 16.5. The summed E-state index contributed by atoms with van der Waals surface area (Å²) in [6.45, 7) is 7.25. The molecule has 0 atom stereocenters. The molecule has 0 radical (unpaired) electrons. The van der Waals surface area contributed by atoms with Gasteiger partial charge in [0.05, 0.1) is 12.3 Å². The Labute approximate surface area is 83.4 Å². The standard InChI is InChI=1S/C11H13NO2/c1-4-11(13)9-5-10(7-12-6-9)14-8(2)3/h4-8H,1H2,2-3H3. The number of hydrogen-bond acceptors (Lipinski definition) is 3. The van der Waals surface area contributed by atoms with E-state index < -0.39 is 0 Å². The van der Waals surface area contributed by atoms with Gasteiger partial charge in [0.15, 0.2) is 5.78 Å². The topological polar surface area (TPSA) is 39.2 Å². The summed E-state index contributed by atoms with van der Waals surface area (Å²) in [5.74, 6) is 0.458. The van der Waals surface area contributed by atoms with Gasteiger partial charge in [-0.3, -0.25) is 9.78 Å². The molecule has 0 spiro atoms. The van der Waals surface area contributed by atoms with Gasteiger partial charge in [-0.1, -0.05) is 6.58 Å². The summed E-state index contributed by atoms with van der Waals surface area (Å²) in [5, 5.41) is 0. The molecule has 14 heavy (non-hydrogen) atoms. The molecule has 0 aliphatic carbocycles. The van der Waals surface area contributed by atoms with Crippen molar-refractivity contribution in [2.24, 2.45) is 0 Å². The lowest BCUT2D eigenvalue weighted by Gasteiger charge is -2.09. The third-order valence-electron chi connectivity index (χ3n) is 1.55. The zero-order valence-corrected chi connectivity index (χ0v) is 8.36. The Morgan fingerprint density at radius 3 is 2.86 bits per heavy atom. The summed E-state index contributed by atoms with van der Waals surface area (Å²) in [6.07, 6.45) is 4.42. The Morgan fingerprint density at radius 2 is 2.29 bits per heavy atom. The van der Waals surface area contributed by atoms with E-state index in [4.69, 9.17) is 4.74 Å². The van der Waals surface area contributed by atoms with Crippen LogP contribution in [0.2, 0.25) is 0 Å². The van der Waals surface area contributed by atoms with Crippen molar-refractivity contribution in [3.63, 3.8) is 0 Å². The van der Waals surface area contributed by atoms with Gasteiger partial charge in [0.25, 0.3) is 0 Å². The van der Waals surface area contributed by atoms with E-state index in [0.29, 0.717) is 11.3 Å². The van der Waals surface area contributed by atoms with Crippen molar-refractivity contribution in [3.05, 3.63) is 36.7 Å². The largest absolute Gasteiger partial charge is 0.489 e. The van der Waals surface area contributed by atoms with Gasteiger partial charge in [0.2, 0.25) is 0 Å². The molecule has 0 saturated carbocycles. The minimum atomic E-state index is -0.147. The lowest BCUT2D eigenvalue weighted by Crippen LogP contribution is -2.06. The molecule has 0 unspecified atom stereocenters. The van der Waals surface area contributed by atoms with Gasteiger partial charge in [0.1, 0.15) is 5.75 Å². The van der Waals surface area contributed by atoms with Gasteiger partial charge in [-0.05, 0) is 26.0 Å². The van der Waals surface area contributed by atoms with E-state index in [0.717, 1.165) is 0 Å². The van der Waals surface area contributed by atoms with Gasteiger partial charge in [0, 0.05) is 11.8 Å². The maximum atomic E-state index is 11.2. The fourth-order valence-electron chi connectivity index (χ4n) is 1.01. The zero-order chi connectivity index (χ0) is 10.6. The minimum absolute atomic E-state index is 0.0749. The average molecular weight is 191 g/mol. The smallest absolute Gasteiger partial charge is 0.186 e. The minimum Gasteiger partial charge on any atom is -0.489 e. The Morgan fingerprint density at radius 1 is 1.57 bits per heavy atom. The van der Waals surface area contributed by atoms with Crippen LogP contribution in [0, 0.1) is 0 Å². The fraction of sp³-hybridized carbons (Fsp3) is 0.273. The van der Waals surface area contributed by atoms with E-state index in [2.05, 4.69) is 11.6 Å². The van der Waals surface area contributed by atoms with Gasteiger partial charge >= 0.3 is 0 Å². The van der Waals surface area contributed by atoms with Crippen molar-refractivity contribution in [1.29, 1.82) is 0 Å². The van der Waals surface area contributed by atoms with E-state index in [1.807, 2.05) is 13.8 Å². The van der Waals surface area contributed by atoms with Gasteiger partial charge in [-0.15, -0.1) is 0 Å². The van der Waals surface area contributed by atoms with Gasteiger partial charge < -0.3 is 4.74 Å². The van der Waals surface area contributed by atoms with Crippen LogP contribution in [-0.2, 0) is 0 Å². The lowest BCUT2D eigenvalue weighted by molar-refractivity contribution is 0.104. The SMILES string of the molecule is C=CC(=O)c1cncc(OC(C)C)c1. The molecule has 0 aromatic carbocycles. The zero-order valence-electron chi connectivity index (χ0n) is 8.36. The van der Waals surface area contributed by atoms with Crippen molar-refractivity contribution < 1.29 is 9.53 Å². The van der Waals surface area contributed by atoms with E-state index in [1.165, 1.54) is 12.3 Å². The highest BCUT2D eigenvalue weighted by Crippen LogP contribution is 2.13. The van der Waals surface area contributed by atoms with E-state index >= 15 is 0 Å². The van der Waals surface area contributed by atoms with Crippen LogP contribution in [0.1, 0.15) is 24.2 Å². The van der Waals surface area contributed by atoms with Crippen LogP contribution in [0.4, 0.5) is 0 Å². The molecule has 1 heterocycles. The van der Waals surface area contributed by atoms with Crippen LogP contribution in [0.3, 0.4) is 0 Å². The summed E-state index contributed by atoms with van der Waals surface area (Å²) in [4.78, 5) is 15.2. The molecule has 3 nitrogen and oxygen atoms in total. The maximum absolute atomic E-state index is 11.2. The molecule has 0 aliphatic heterocycles. The van der Waals surface area contributed by atoms with Crippen molar-refractivity contribution in [2.45, 2.75) is 20.0 Å². The van der Waals surface area contributed by atoms with Crippen molar-refractivity contribution in [1.82, 2.24) is 4.98 Å². The molecule has 1 aromatic rings. The molecule has 1 aromatic heterocycles. The predicted molar refractivity (Wildman–Crippen MR) is 54.5 cm³/mol. The second kappa shape index (κ2) is 4.56. The van der Waals surface area contributed by atoms with Crippen LogP contribution in [0.25, 0.3) is 0 Å². The number of hydrogen-bond donors (Lipinski definition) is 0. The first kappa shape index (κ1) is 10.4. The van der Waals surface area contributed by atoms with Crippen molar-refractivity contribution in [2.75, 3.05) is 0 Å². The molecular weight excluding hydrogens is 178 g/mol.